The molecule has 32 heavy (non-hydrogen) atoms. The molecule has 2 unspecified atom stereocenters. The van der Waals surface area contributed by atoms with Crippen molar-refractivity contribution in [1.29, 1.82) is 0 Å². The minimum Gasteiger partial charge on any atom is -0.481 e. The van der Waals surface area contributed by atoms with Crippen LogP contribution in [-0.2, 0) is 20.5 Å². The summed E-state index contributed by atoms with van der Waals surface area (Å²) in [5, 5.41) is 12.0. The van der Waals surface area contributed by atoms with Gasteiger partial charge in [0.1, 0.15) is 11.6 Å². The molecule has 0 bridgehead atoms. The van der Waals surface area contributed by atoms with E-state index < -0.39 is 43.9 Å². The van der Waals surface area contributed by atoms with Crippen molar-refractivity contribution < 1.29 is 33.7 Å². The number of carboxylic acid groups (broad SMARTS) is 1. The molecule has 1 aromatic carbocycles. The number of nitrogens with two attached hydrogens (primary N) is 1. The van der Waals surface area contributed by atoms with Gasteiger partial charge in [-0.15, -0.1) is 0 Å². The summed E-state index contributed by atoms with van der Waals surface area (Å²) >= 11 is 0. The lowest BCUT2D eigenvalue weighted by atomic mass is 10.1. The van der Waals surface area contributed by atoms with Gasteiger partial charge >= 0.3 is 11.6 Å². The fourth-order valence-electron chi connectivity index (χ4n) is 3.73. The summed E-state index contributed by atoms with van der Waals surface area (Å²) < 4.78 is 5.18. The normalized spacial score (nSPS) is 17.0. The molecule has 2 aromatic rings. The number of hydrogen-bond acceptors (Lipinski definition) is 8. The average Bonchev–Trinajstić information content (AvgIpc) is 3.20. The number of hydrogen-bond donors (Lipinski definition) is 5. The Morgan fingerprint density at radius 2 is 2.03 bits per heavy atom. The molecule has 0 radical (unpaired) electrons. The van der Waals surface area contributed by atoms with Gasteiger partial charge in [-0.05, 0) is 37.0 Å². The maximum absolute atomic E-state index is 12.8. The zero-order chi connectivity index (χ0) is 23.4. The molecule has 2 atom stereocenters. The van der Waals surface area contributed by atoms with Crippen LogP contribution in [0.15, 0.2) is 33.5 Å². The predicted molar refractivity (Wildman–Crippen MR) is 116 cm³/mol. The number of anilines is 1. The highest BCUT2D eigenvalue weighted by molar-refractivity contribution is 7.44. The Labute approximate surface area is 183 Å². The number of rotatable bonds is 8. The second kappa shape index (κ2) is 10.2. The first-order valence-electron chi connectivity index (χ1n) is 9.96. The Bertz CT molecular complexity index is 1090. The molecule has 1 aliphatic rings. The fourth-order valence-corrected chi connectivity index (χ4v) is 4.30. The molecule has 1 fully saturated rings. The van der Waals surface area contributed by atoms with Crippen LogP contribution in [0.2, 0.25) is 0 Å². The molecule has 1 aromatic heterocycles. The molecule has 12 heteroatoms. The van der Waals surface area contributed by atoms with Crippen molar-refractivity contribution in [2.24, 2.45) is 5.73 Å². The van der Waals surface area contributed by atoms with Crippen LogP contribution in [0, 0.1) is 0 Å². The number of fused-ring (bicyclic) bond motifs is 1. The lowest BCUT2D eigenvalue weighted by molar-refractivity contribution is -0.139. The molecule has 0 saturated carbocycles. The van der Waals surface area contributed by atoms with E-state index in [0.29, 0.717) is 36.0 Å². The molecule has 2 heterocycles. The summed E-state index contributed by atoms with van der Waals surface area (Å²) in [6, 6.07) is 4.07. The Kier molecular flexibility index (Phi) is 7.57. The highest BCUT2D eigenvalue weighted by atomic mass is 31.2. The van der Waals surface area contributed by atoms with Crippen LogP contribution in [0.3, 0.4) is 0 Å². The Morgan fingerprint density at radius 3 is 2.72 bits per heavy atom. The van der Waals surface area contributed by atoms with Gasteiger partial charge in [-0.25, -0.2) is 4.79 Å². The van der Waals surface area contributed by atoms with E-state index >= 15 is 0 Å². The molecule has 1 aliphatic heterocycles. The lowest BCUT2D eigenvalue weighted by Crippen LogP contribution is -2.49. The van der Waals surface area contributed by atoms with Crippen LogP contribution in [0.5, 0.6) is 0 Å². The molecule has 3 rings (SSSR count). The van der Waals surface area contributed by atoms with Gasteiger partial charge < -0.3 is 35.3 Å². The molecule has 2 amide bonds. The topological polar surface area (TPSA) is 183 Å². The van der Waals surface area contributed by atoms with E-state index in [1.165, 1.54) is 17.0 Å². The number of carboxylic acids is 1. The van der Waals surface area contributed by atoms with Gasteiger partial charge in [0.15, 0.2) is 8.38 Å². The highest BCUT2D eigenvalue weighted by Crippen LogP contribution is 2.32. The van der Waals surface area contributed by atoms with E-state index in [2.05, 4.69) is 5.32 Å². The standard InChI is InChI=1S/C20H24N3O8P/c21-14(5-6-17(24)25)20(28)23-7-1-2-15(23)19(27)22-12-3-4-13-11(10-32(29)30)8-18(26)31-16(13)9-12/h3-4,8-9,14-15,29-30H,1-2,5-7,10,21H2,(H,22,27)(H,24,25). The third-order valence-corrected chi connectivity index (χ3v) is 5.86. The molecule has 11 nitrogen and oxygen atoms in total. The van der Waals surface area contributed by atoms with Crippen LogP contribution in [0.25, 0.3) is 11.0 Å². The number of nitrogens with zero attached hydrogens (tertiary/aromatic N) is 1. The van der Waals surface area contributed by atoms with Crippen LogP contribution in [0.1, 0.15) is 31.2 Å². The average molecular weight is 465 g/mol. The monoisotopic (exact) mass is 465 g/mol. The summed E-state index contributed by atoms with van der Waals surface area (Å²) in [5.74, 6) is -1.96. The zero-order valence-corrected chi connectivity index (χ0v) is 18.0. The van der Waals surface area contributed by atoms with Gasteiger partial charge in [-0.2, -0.15) is 0 Å². The van der Waals surface area contributed by atoms with Gasteiger partial charge in [0.05, 0.1) is 6.04 Å². The number of carbonyl (C=O) groups excluding carboxylic acids is 2. The van der Waals surface area contributed by atoms with Crippen LogP contribution in [-0.4, -0.2) is 56.2 Å². The lowest BCUT2D eigenvalue weighted by Gasteiger charge is -2.26. The first-order valence-corrected chi connectivity index (χ1v) is 11.4. The molecule has 0 aliphatic carbocycles. The van der Waals surface area contributed by atoms with Crippen molar-refractivity contribution in [2.45, 2.75) is 43.9 Å². The fraction of sp³-hybridized carbons (Fsp3) is 0.400. The van der Waals surface area contributed by atoms with E-state index in [4.69, 9.17) is 15.3 Å². The van der Waals surface area contributed by atoms with Crippen LogP contribution >= 0.6 is 8.38 Å². The van der Waals surface area contributed by atoms with E-state index in [9.17, 15) is 29.0 Å². The molecule has 172 valence electrons. The van der Waals surface area contributed by atoms with Gasteiger partial charge in [0.2, 0.25) is 11.8 Å². The minimum atomic E-state index is -2.24. The third-order valence-electron chi connectivity index (χ3n) is 5.23. The highest BCUT2D eigenvalue weighted by Gasteiger charge is 2.36. The minimum absolute atomic E-state index is 0.0189. The van der Waals surface area contributed by atoms with Crippen molar-refractivity contribution in [1.82, 2.24) is 4.90 Å². The third kappa shape index (κ3) is 5.68. The van der Waals surface area contributed by atoms with Gasteiger partial charge in [-0.3, -0.25) is 14.4 Å². The molecule has 1 saturated heterocycles. The second-order valence-corrected chi connectivity index (χ2v) is 8.61. The van der Waals surface area contributed by atoms with E-state index in [1.54, 1.807) is 12.1 Å². The maximum atomic E-state index is 12.8. The zero-order valence-electron chi connectivity index (χ0n) is 17.1. The number of amides is 2. The second-order valence-electron chi connectivity index (χ2n) is 7.55. The maximum Gasteiger partial charge on any atom is 0.336 e. The summed E-state index contributed by atoms with van der Waals surface area (Å²) in [6.45, 7) is 0.346. The predicted octanol–water partition coefficient (Wildman–Crippen LogP) is 0.711. The number of nitrogens with one attached hydrogen (secondary N) is 1. The number of benzene rings is 1. The quantitative estimate of drug-likeness (QED) is 0.277. The molecule has 6 N–H and O–H groups in total. The van der Waals surface area contributed by atoms with E-state index in [1.807, 2.05) is 0 Å². The number of likely N-dealkylation sites (tertiary alicyclic amines) is 1. The Hall–Kier alpha value is -2.85. The summed E-state index contributed by atoms with van der Waals surface area (Å²) in [4.78, 5) is 67.9. The summed E-state index contributed by atoms with van der Waals surface area (Å²) in [7, 11) is -2.24. The van der Waals surface area contributed by atoms with E-state index in [0.717, 1.165) is 0 Å². The summed E-state index contributed by atoms with van der Waals surface area (Å²) in [6.07, 6.45) is 0.693. The van der Waals surface area contributed by atoms with Crippen molar-refractivity contribution in [3.05, 3.63) is 40.2 Å². The first-order chi connectivity index (χ1) is 15.2. The van der Waals surface area contributed by atoms with Crippen LogP contribution < -0.4 is 16.7 Å². The van der Waals surface area contributed by atoms with Crippen molar-refractivity contribution in [3.8, 4) is 0 Å². The van der Waals surface area contributed by atoms with E-state index in [-0.39, 0.29) is 24.6 Å². The van der Waals surface area contributed by atoms with Crippen LogP contribution in [0.4, 0.5) is 5.69 Å². The number of aliphatic carboxylic acids is 1. The SMILES string of the molecule is NC(CCC(=O)O)C(=O)N1CCCC1C(=O)Nc1ccc2c(CP(O)O)cc(=O)oc2c1. The molecular formula is C20H24N3O8P. The Balaban J connectivity index is 1.75. The molecule has 0 spiro atoms. The smallest absolute Gasteiger partial charge is 0.336 e. The Morgan fingerprint density at radius 1 is 1.28 bits per heavy atom. The summed E-state index contributed by atoms with van der Waals surface area (Å²) in [5.41, 5.74) is 6.11. The largest absolute Gasteiger partial charge is 0.481 e. The molecular weight excluding hydrogens is 441 g/mol. The first kappa shape index (κ1) is 23.8. The van der Waals surface area contributed by atoms with Crippen molar-refractivity contribution >= 4 is 42.8 Å². The number of carbonyl (C=O) groups is 3. The van der Waals surface area contributed by atoms with Crippen molar-refractivity contribution in [3.63, 3.8) is 0 Å². The van der Waals surface area contributed by atoms with Gasteiger partial charge in [0.25, 0.3) is 0 Å². The van der Waals surface area contributed by atoms with Gasteiger partial charge in [0, 0.05) is 42.3 Å². The van der Waals surface area contributed by atoms with Crippen molar-refractivity contribution in [2.75, 3.05) is 11.9 Å². The van der Waals surface area contributed by atoms with Gasteiger partial charge in [-0.1, -0.05) is 0 Å².